The maximum absolute atomic E-state index is 4.13. The van der Waals surface area contributed by atoms with Crippen molar-refractivity contribution in [3.8, 4) is 0 Å². The van der Waals surface area contributed by atoms with E-state index in [2.05, 4.69) is 20.4 Å². The lowest BCUT2D eigenvalue weighted by molar-refractivity contribution is 0.369. The quantitative estimate of drug-likeness (QED) is 0.742. The van der Waals surface area contributed by atoms with Crippen molar-refractivity contribution < 1.29 is 0 Å². The molecule has 2 fully saturated rings. The molecule has 5 heteroatoms. The van der Waals surface area contributed by atoms with Crippen LogP contribution >= 0.6 is 11.3 Å². The third kappa shape index (κ3) is 1.31. The lowest BCUT2D eigenvalue weighted by Crippen LogP contribution is -2.29. The maximum Gasteiger partial charge on any atom is 0.208 e. The molecule has 1 spiro atoms. The fraction of sp³-hybridized carbons (Fsp3) is 0.778. The lowest BCUT2D eigenvalue weighted by atomic mass is 9.87. The summed E-state index contributed by atoms with van der Waals surface area (Å²) in [6.45, 7) is 4.68. The van der Waals surface area contributed by atoms with Crippen molar-refractivity contribution in [2.75, 3.05) is 31.1 Å². The van der Waals surface area contributed by atoms with Crippen molar-refractivity contribution in [2.24, 2.45) is 5.41 Å². The summed E-state index contributed by atoms with van der Waals surface area (Å²) in [5, 5.41) is 12.6. The Balaban J connectivity index is 1.75. The van der Waals surface area contributed by atoms with E-state index in [0.717, 1.165) is 18.2 Å². The third-order valence-electron chi connectivity index (χ3n) is 3.39. The zero-order valence-electron chi connectivity index (χ0n) is 8.07. The average Bonchev–Trinajstić information content (AvgIpc) is 2.91. The van der Waals surface area contributed by atoms with Crippen molar-refractivity contribution in [3.05, 3.63) is 5.51 Å². The number of aromatic nitrogens is 2. The topological polar surface area (TPSA) is 41.1 Å². The van der Waals surface area contributed by atoms with Gasteiger partial charge in [0.15, 0.2) is 0 Å². The molecule has 1 aromatic rings. The summed E-state index contributed by atoms with van der Waals surface area (Å²) in [6, 6.07) is 0. The molecule has 0 bridgehead atoms. The molecule has 2 aliphatic rings. The van der Waals surface area contributed by atoms with Crippen LogP contribution in [0.4, 0.5) is 5.13 Å². The summed E-state index contributed by atoms with van der Waals surface area (Å²) in [5.41, 5.74) is 2.35. The smallest absolute Gasteiger partial charge is 0.208 e. The third-order valence-corrected chi connectivity index (χ3v) is 4.14. The zero-order chi connectivity index (χ0) is 9.43. The van der Waals surface area contributed by atoms with Crippen LogP contribution in [-0.2, 0) is 0 Å². The van der Waals surface area contributed by atoms with Crippen LogP contribution in [0.15, 0.2) is 5.51 Å². The van der Waals surface area contributed by atoms with Gasteiger partial charge < -0.3 is 10.2 Å². The first-order chi connectivity index (χ1) is 6.88. The highest BCUT2D eigenvalue weighted by molar-refractivity contribution is 7.13. The van der Waals surface area contributed by atoms with E-state index < -0.39 is 0 Å². The first kappa shape index (κ1) is 8.61. The number of hydrogen-bond donors (Lipinski definition) is 1. The van der Waals surface area contributed by atoms with Gasteiger partial charge in [-0.15, -0.1) is 10.2 Å². The minimum absolute atomic E-state index is 0.533. The molecule has 3 rings (SSSR count). The van der Waals surface area contributed by atoms with Crippen LogP contribution < -0.4 is 10.2 Å². The molecule has 4 nitrogen and oxygen atoms in total. The van der Waals surface area contributed by atoms with E-state index >= 15 is 0 Å². The van der Waals surface area contributed by atoms with E-state index in [-0.39, 0.29) is 0 Å². The van der Waals surface area contributed by atoms with E-state index in [4.69, 9.17) is 0 Å². The molecule has 0 aliphatic carbocycles. The summed E-state index contributed by atoms with van der Waals surface area (Å²) < 4.78 is 0. The number of hydrogen-bond acceptors (Lipinski definition) is 5. The standard InChI is InChI=1S/C9H14N4S/c1-3-10-5-9(1)2-4-13(6-9)8-12-11-7-14-8/h7,10H,1-6H2. The lowest BCUT2D eigenvalue weighted by Gasteiger charge is -2.21. The maximum atomic E-state index is 4.13. The molecule has 14 heavy (non-hydrogen) atoms. The van der Waals surface area contributed by atoms with Gasteiger partial charge in [0.05, 0.1) is 0 Å². The van der Waals surface area contributed by atoms with Crippen molar-refractivity contribution in [3.63, 3.8) is 0 Å². The van der Waals surface area contributed by atoms with Crippen LogP contribution in [-0.4, -0.2) is 36.4 Å². The second-order valence-corrected chi connectivity index (χ2v) is 5.13. The van der Waals surface area contributed by atoms with Crippen molar-refractivity contribution in [2.45, 2.75) is 12.8 Å². The van der Waals surface area contributed by atoms with E-state index in [1.807, 2.05) is 5.51 Å². The van der Waals surface area contributed by atoms with E-state index in [1.165, 1.54) is 25.9 Å². The van der Waals surface area contributed by atoms with Gasteiger partial charge in [-0.1, -0.05) is 11.3 Å². The van der Waals surface area contributed by atoms with Crippen LogP contribution in [0.1, 0.15) is 12.8 Å². The molecule has 3 heterocycles. The van der Waals surface area contributed by atoms with Gasteiger partial charge in [0.2, 0.25) is 5.13 Å². The fourth-order valence-electron chi connectivity index (χ4n) is 2.55. The van der Waals surface area contributed by atoms with Crippen LogP contribution in [0.2, 0.25) is 0 Å². The molecular weight excluding hydrogens is 196 g/mol. The molecule has 2 saturated heterocycles. The van der Waals surface area contributed by atoms with Gasteiger partial charge in [0, 0.05) is 25.0 Å². The molecule has 1 N–H and O–H groups in total. The SMILES string of the molecule is c1nnc(N2CCC3(CCNC3)C2)s1. The van der Waals surface area contributed by atoms with Crippen LogP contribution in [0.3, 0.4) is 0 Å². The van der Waals surface area contributed by atoms with Gasteiger partial charge in [-0.25, -0.2) is 0 Å². The molecule has 0 saturated carbocycles. The summed E-state index contributed by atoms with van der Waals surface area (Å²) in [7, 11) is 0. The molecule has 0 aromatic carbocycles. The van der Waals surface area contributed by atoms with Gasteiger partial charge in [-0.05, 0) is 19.4 Å². The van der Waals surface area contributed by atoms with Crippen LogP contribution in [0.5, 0.6) is 0 Å². The van der Waals surface area contributed by atoms with E-state index in [1.54, 1.807) is 11.3 Å². The molecule has 1 aromatic heterocycles. The fourth-order valence-corrected chi connectivity index (χ4v) is 3.14. The molecule has 0 radical (unpaired) electrons. The minimum atomic E-state index is 0.533. The Hall–Kier alpha value is -0.680. The second kappa shape index (κ2) is 3.17. The summed E-state index contributed by atoms with van der Waals surface area (Å²) in [4.78, 5) is 2.38. The Morgan fingerprint density at radius 2 is 2.50 bits per heavy atom. The number of nitrogens with one attached hydrogen (secondary N) is 1. The van der Waals surface area contributed by atoms with Crippen molar-refractivity contribution in [1.29, 1.82) is 0 Å². The molecule has 76 valence electrons. The largest absolute Gasteiger partial charge is 0.346 e. The minimum Gasteiger partial charge on any atom is -0.346 e. The van der Waals surface area contributed by atoms with Crippen molar-refractivity contribution >= 4 is 16.5 Å². The van der Waals surface area contributed by atoms with Gasteiger partial charge in [-0.3, -0.25) is 0 Å². The van der Waals surface area contributed by atoms with E-state index in [9.17, 15) is 0 Å². The second-order valence-electron chi connectivity index (χ2n) is 4.32. The van der Waals surface area contributed by atoms with Gasteiger partial charge in [-0.2, -0.15) is 0 Å². The zero-order valence-corrected chi connectivity index (χ0v) is 8.89. The Labute approximate surface area is 87.3 Å². The van der Waals surface area contributed by atoms with Crippen LogP contribution in [0.25, 0.3) is 0 Å². The Bertz CT molecular complexity index is 305. The molecular formula is C9H14N4S. The Morgan fingerprint density at radius 1 is 1.50 bits per heavy atom. The van der Waals surface area contributed by atoms with Crippen molar-refractivity contribution in [1.82, 2.24) is 15.5 Å². The average molecular weight is 210 g/mol. The molecule has 1 unspecified atom stereocenters. The molecule has 0 amide bonds. The highest BCUT2D eigenvalue weighted by Gasteiger charge is 2.40. The first-order valence-corrected chi connectivity index (χ1v) is 5.98. The van der Waals surface area contributed by atoms with Gasteiger partial charge in [0.25, 0.3) is 0 Å². The van der Waals surface area contributed by atoms with E-state index in [0.29, 0.717) is 5.41 Å². The van der Waals surface area contributed by atoms with Gasteiger partial charge in [0.1, 0.15) is 5.51 Å². The molecule has 1 atom stereocenters. The highest BCUT2D eigenvalue weighted by atomic mass is 32.1. The normalized spacial score (nSPS) is 31.9. The van der Waals surface area contributed by atoms with Crippen LogP contribution in [0, 0.1) is 5.41 Å². The predicted molar refractivity (Wildman–Crippen MR) is 56.7 cm³/mol. The Morgan fingerprint density at radius 3 is 3.21 bits per heavy atom. The number of nitrogens with zero attached hydrogens (tertiary/aromatic N) is 3. The predicted octanol–water partition coefficient (Wildman–Crippen LogP) is 0.728. The first-order valence-electron chi connectivity index (χ1n) is 5.10. The monoisotopic (exact) mass is 210 g/mol. The molecule has 2 aliphatic heterocycles. The Kier molecular flexibility index (Phi) is 1.95. The summed E-state index contributed by atoms with van der Waals surface area (Å²) >= 11 is 1.65. The highest BCUT2D eigenvalue weighted by Crippen LogP contribution is 2.38. The van der Waals surface area contributed by atoms with Gasteiger partial charge >= 0.3 is 0 Å². The summed E-state index contributed by atoms with van der Waals surface area (Å²) in [5.74, 6) is 0. The number of anilines is 1. The number of rotatable bonds is 1. The summed E-state index contributed by atoms with van der Waals surface area (Å²) in [6.07, 6.45) is 2.63.